The van der Waals surface area contributed by atoms with Gasteiger partial charge in [-0.2, -0.15) is 0 Å². The Morgan fingerprint density at radius 2 is 1.71 bits per heavy atom. The number of hydrogen-bond donors (Lipinski definition) is 1. The largest absolute Gasteiger partial charge is 0.376 e. The molecule has 0 spiro atoms. The van der Waals surface area contributed by atoms with Crippen molar-refractivity contribution in [2.75, 3.05) is 20.1 Å². The summed E-state index contributed by atoms with van der Waals surface area (Å²) in [5.74, 6) is 0.0555. The molecule has 1 atom stereocenters. The monoisotopic (exact) mass is 347 g/mol. The van der Waals surface area contributed by atoms with Crippen molar-refractivity contribution in [1.29, 1.82) is 0 Å². The Labute approximate surface area is 149 Å². The highest BCUT2D eigenvalue weighted by Crippen LogP contribution is 2.43. The summed E-state index contributed by atoms with van der Waals surface area (Å²) in [5.41, 5.74) is -0.544. The predicted octanol–water partition coefficient (Wildman–Crippen LogP) is 3.81. The van der Waals surface area contributed by atoms with E-state index in [1.54, 1.807) is 0 Å². The van der Waals surface area contributed by atoms with Crippen LogP contribution in [0.15, 0.2) is 30.3 Å². The number of carbonyl (C=O) groups excluding carboxylic acids is 1. The van der Waals surface area contributed by atoms with Gasteiger partial charge in [-0.05, 0) is 57.3 Å². The van der Waals surface area contributed by atoms with Crippen molar-refractivity contribution < 1.29 is 9.90 Å². The van der Waals surface area contributed by atoms with Crippen LogP contribution < -0.4 is 0 Å². The molecule has 0 bridgehead atoms. The maximum absolute atomic E-state index is 13.2. The van der Waals surface area contributed by atoms with E-state index in [0.29, 0.717) is 5.25 Å². The first-order chi connectivity index (χ1) is 11.6. The van der Waals surface area contributed by atoms with Gasteiger partial charge in [0.1, 0.15) is 0 Å². The first kappa shape index (κ1) is 18.0. The van der Waals surface area contributed by atoms with Crippen molar-refractivity contribution in [2.45, 2.75) is 55.8 Å². The first-order valence-electron chi connectivity index (χ1n) is 9.28. The maximum Gasteiger partial charge on any atom is 0.225 e. The number of hydrogen-bond acceptors (Lipinski definition) is 4. The number of benzene rings is 1. The number of aliphatic hydroxyl groups is 1. The molecular weight excluding hydrogens is 318 g/mol. The summed E-state index contributed by atoms with van der Waals surface area (Å²) in [5, 5.41) is 11.9. The van der Waals surface area contributed by atoms with Crippen LogP contribution in [0.1, 0.15) is 50.5 Å². The summed E-state index contributed by atoms with van der Waals surface area (Å²) in [7, 11) is 2.13. The minimum atomic E-state index is -1.32. The molecule has 1 aromatic carbocycles. The molecule has 1 aliphatic heterocycles. The van der Waals surface area contributed by atoms with Crippen molar-refractivity contribution in [3.63, 3.8) is 0 Å². The van der Waals surface area contributed by atoms with Crippen LogP contribution in [-0.4, -0.2) is 40.5 Å². The topological polar surface area (TPSA) is 40.5 Å². The van der Waals surface area contributed by atoms with Crippen LogP contribution in [0.2, 0.25) is 0 Å². The molecule has 4 heteroatoms. The summed E-state index contributed by atoms with van der Waals surface area (Å²) in [6.45, 7) is 2.08. The smallest absolute Gasteiger partial charge is 0.225 e. The Balaban J connectivity index is 1.80. The normalized spacial score (nSPS) is 23.8. The Morgan fingerprint density at radius 1 is 1.08 bits per heavy atom. The number of carbonyl (C=O) groups is 1. The molecule has 3 nitrogen and oxygen atoms in total. The summed E-state index contributed by atoms with van der Waals surface area (Å²) >= 11 is 1.40. The third kappa shape index (κ3) is 3.87. The van der Waals surface area contributed by atoms with Gasteiger partial charge in [-0.1, -0.05) is 61.4 Å². The van der Waals surface area contributed by atoms with Crippen molar-refractivity contribution in [3.05, 3.63) is 35.9 Å². The molecule has 0 amide bonds. The number of nitrogens with zero attached hydrogens (tertiary/aromatic N) is 1. The summed E-state index contributed by atoms with van der Waals surface area (Å²) in [6.07, 6.45) is 7.41. The lowest BCUT2D eigenvalue weighted by Crippen LogP contribution is -2.44. The van der Waals surface area contributed by atoms with E-state index in [1.807, 2.05) is 30.3 Å². The fraction of sp³-hybridized carbons (Fsp3) is 0.650. The number of thioether (sulfide) groups is 1. The Morgan fingerprint density at radius 3 is 2.33 bits per heavy atom. The van der Waals surface area contributed by atoms with Gasteiger partial charge >= 0.3 is 0 Å². The average Bonchev–Trinajstić information content (AvgIpc) is 2.64. The van der Waals surface area contributed by atoms with Crippen molar-refractivity contribution in [3.8, 4) is 0 Å². The quantitative estimate of drug-likeness (QED) is 0.899. The molecule has 1 aromatic rings. The van der Waals surface area contributed by atoms with Gasteiger partial charge in [0.05, 0.1) is 0 Å². The van der Waals surface area contributed by atoms with Gasteiger partial charge in [0, 0.05) is 5.25 Å². The van der Waals surface area contributed by atoms with Crippen LogP contribution >= 0.6 is 11.8 Å². The molecule has 0 radical (unpaired) electrons. The zero-order chi connectivity index (χ0) is 17.0. The minimum Gasteiger partial charge on any atom is -0.376 e. The fourth-order valence-corrected chi connectivity index (χ4v) is 5.29. The Kier molecular flexibility index (Phi) is 6.01. The molecule has 0 unspecified atom stereocenters. The number of rotatable bonds is 4. The molecule has 1 aliphatic carbocycles. The second kappa shape index (κ2) is 8.03. The van der Waals surface area contributed by atoms with Gasteiger partial charge in [-0.25, -0.2) is 0 Å². The molecular formula is C20H29NO2S. The van der Waals surface area contributed by atoms with Gasteiger partial charge in [-0.3, -0.25) is 4.79 Å². The summed E-state index contributed by atoms with van der Waals surface area (Å²) in [4.78, 5) is 15.5. The molecule has 1 N–H and O–H groups in total. The molecule has 24 heavy (non-hydrogen) atoms. The SMILES string of the molecule is CN1CCC(SC(=O)[C@@](O)(c2ccccc2)C2CCCCC2)CC1. The molecule has 1 heterocycles. The zero-order valence-corrected chi connectivity index (χ0v) is 15.4. The van der Waals surface area contributed by atoms with E-state index in [0.717, 1.165) is 57.2 Å². The molecule has 3 rings (SSSR count). The standard InChI is InChI=1S/C20H29NO2S/c1-21-14-12-18(13-15-21)24-19(22)20(23,16-8-4-2-5-9-16)17-10-6-3-7-11-17/h2,4-5,8-9,17-18,23H,3,6-7,10-15H2,1H3/t20-/m1/s1. The van der Waals surface area contributed by atoms with Crippen LogP contribution in [0.4, 0.5) is 0 Å². The number of likely N-dealkylation sites (tertiary alicyclic amines) is 1. The van der Waals surface area contributed by atoms with Gasteiger partial charge in [0.2, 0.25) is 5.12 Å². The number of piperidine rings is 1. The van der Waals surface area contributed by atoms with Crippen LogP contribution in [0.25, 0.3) is 0 Å². The van der Waals surface area contributed by atoms with E-state index >= 15 is 0 Å². The summed E-state index contributed by atoms with van der Waals surface area (Å²) < 4.78 is 0. The highest BCUT2D eigenvalue weighted by atomic mass is 32.2. The zero-order valence-electron chi connectivity index (χ0n) is 14.6. The van der Waals surface area contributed by atoms with E-state index in [-0.39, 0.29) is 11.0 Å². The fourth-order valence-electron chi connectivity index (χ4n) is 4.08. The molecule has 2 fully saturated rings. The molecule has 1 saturated carbocycles. The predicted molar refractivity (Wildman–Crippen MR) is 100 cm³/mol. The van der Waals surface area contributed by atoms with E-state index in [4.69, 9.17) is 0 Å². The second-order valence-corrected chi connectivity index (χ2v) is 8.65. The lowest BCUT2D eigenvalue weighted by molar-refractivity contribution is -0.136. The maximum atomic E-state index is 13.2. The van der Waals surface area contributed by atoms with Crippen molar-refractivity contribution in [2.24, 2.45) is 5.92 Å². The molecule has 132 valence electrons. The van der Waals surface area contributed by atoms with Gasteiger partial charge in [0.15, 0.2) is 5.60 Å². The van der Waals surface area contributed by atoms with Crippen molar-refractivity contribution >= 4 is 16.9 Å². The molecule has 2 aliphatic rings. The Bertz CT molecular complexity index is 536. The van der Waals surface area contributed by atoms with Crippen LogP contribution in [0.3, 0.4) is 0 Å². The summed E-state index contributed by atoms with van der Waals surface area (Å²) in [6, 6.07) is 9.64. The van der Waals surface area contributed by atoms with E-state index in [1.165, 1.54) is 18.2 Å². The third-order valence-corrected chi connectivity index (χ3v) is 6.99. The van der Waals surface area contributed by atoms with E-state index < -0.39 is 5.60 Å². The van der Waals surface area contributed by atoms with Crippen LogP contribution in [-0.2, 0) is 10.4 Å². The van der Waals surface area contributed by atoms with E-state index in [9.17, 15) is 9.90 Å². The highest BCUT2D eigenvalue weighted by molar-refractivity contribution is 8.14. The first-order valence-corrected chi connectivity index (χ1v) is 10.2. The van der Waals surface area contributed by atoms with Gasteiger partial charge in [-0.15, -0.1) is 0 Å². The average molecular weight is 348 g/mol. The van der Waals surface area contributed by atoms with Crippen LogP contribution in [0, 0.1) is 5.92 Å². The lowest BCUT2D eigenvalue weighted by atomic mass is 9.74. The van der Waals surface area contributed by atoms with E-state index in [2.05, 4.69) is 11.9 Å². The Hall–Kier alpha value is -0.840. The second-order valence-electron chi connectivity index (χ2n) is 7.38. The molecule has 0 aromatic heterocycles. The van der Waals surface area contributed by atoms with Crippen molar-refractivity contribution in [1.82, 2.24) is 4.90 Å². The van der Waals surface area contributed by atoms with Crippen LogP contribution in [0.5, 0.6) is 0 Å². The van der Waals surface area contributed by atoms with Gasteiger partial charge < -0.3 is 10.0 Å². The van der Waals surface area contributed by atoms with Gasteiger partial charge in [0.25, 0.3) is 0 Å². The third-order valence-electron chi connectivity index (χ3n) is 5.66. The molecule has 1 saturated heterocycles. The lowest BCUT2D eigenvalue weighted by Gasteiger charge is -2.38. The highest BCUT2D eigenvalue weighted by Gasteiger charge is 2.46. The minimum absolute atomic E-state index is 0.0323.